The summed E-state index contributed by atoms with van der Waals surface area (Å²) >= 11 is 0. The zero-order valence-corrected chi connectivity index (χ0v) is 11.4. The van der Waals surface area contributed by atoms with Crippen molar-refractivity contribution in [1.29, 1.82) is 5.26 Å². The second-order valence-electron chi connectivity index (χ2n) is 4.91. The summed E-state index contributed by atoms with van der Waals surface area (Å²) in [6.45, 7) is 0. The van der Waals surface area contributed by atoms with Crippen LogP contribution < -0.4 is 0 Å². The number of benzene rings is 1. The Balaban J connectivity index is 2.39. The maximum Gasteiger partial charge on any atom is 0.182 e. The first-order chi connectivity index (χ1) is 9.05. The molecule has 1 aliphatic rings. The third-order valence-corrected chi connectivity index (χ3v) is 5.91. The van der Waals surface area contributed by atoms with Gasteiger partial charge in [-0.1, -0.05) is 25.3 Å². The predicted octanol–water partition coefficient (Wildman–Crippen LogP) is 3.07. The van der Waals surface area contributed by atoms with Crippen LogP contribution in [0.1, 0.15) is 32.1 Å². The Morgan fingerprint density at radius 2 is 1.95 bits per heavy atom. The maximum atomic E-state index is 13.2. The van der Waals surface area contributed by atoms with Gasteiger partial charge in [-0.25, -0.2) is 12.8 Å². The van der Waals surface area contributed by atoms with Crippen molar-refractivity contribution in [1.82, 2.24) is 0 Å². The summed E-state index contributed by atoms with van der Waals surface area (Å²) in [7, 11) is -3.63. The number of sulfone groups is 1. The zero-order valence-electron chi connectivity index (χ0n) is 10.5. The van der Waals surface area contributed by atoms with Gasteiger partial charge in [0, 0.05) is 0 Å². The topological polar surface area (TPSA) is 57.9 Å². The Hall–Kier alpha value is -1.41. The summed E-state index contributed by atoms with van der Waals surface area (Å²) in [4.78, 5) is -0.0142. The molecule has 2 atom stereocenters. The molecule has 0 aliphatic heterocycles. The molecule has 1 aliphatic carbocycles. The minimum Gasteiger partial charge on any atom is -0.223 e. The molecule has 0 saturated heterocycles. The molecule has 2 unspecified atom stereocenters. The second-order valence-corrected chi connectivity index (χ2v) is 7.08. The summed E-state index contributed by atoms with van der Waals surface area (Å²) in [5, 5.41) is 8.46. The Kier molecular flexibility index (Phi) is 4.20. The maximum absolute atomic E-state index is 13.2. The first-order valence-corrected chi connectivity index (χ1v) is 7.99. The van der Waals surface area contributed by atoms with Crippen LogP contribution in [0.3, 0.4) is 0 Å². The van der Waals surface area contributed by atoms with E-state index in [0.717, 1.165) is 25.3 Å². The van der Waals surface area contributed by atoms with Crippen molar-refractivity contribution in [3.63, 3.8) is 0 Å². The minimum atomic E-state index is -3.63. The zero-order chi connectivity index (χ0) is 13.9. The molecule has 102 valence electrons. The van der Waals surface area contributed by atoms with E-state index in [9.17, 15) is 12.8 Å². The van der Waals surface area contributed by atoms with Gasteiger partial charge in [-0.15, -0.1) is 0 Å². The monoisotopic (exact) mass is 281 g/mol. The lowest BCUT2D eigenvalue weighted by Gasteiger charge is -2.19. The van der Waals surface area contributed by atoms with Crippen molar-refractivity contribution < 1.29 is 12.8 Å². The molecule has 0 heterocycles. The second kappa shape index (κ2) is 5.70. The number of hydrogen-bond acceptors (Lipinski definition) is 3. The standard InChI is InChI=1S/C14H16FNO2S/c15-12-6-4-7-13(9-12)19(17,18)14-8-3-1-2-5-11(14)10-16/h4,6-7,9,11,14H,1-3,5,8H2. The van der Waals surface area contributed by atoms with Gasteiger partial charge >= 0.3 is 0 Å². The van der Waals surface area contributed by atoms with Crippen LogP contribution in [0.15, 0.2) is 29.2 Å². The number of hydrogen-bond donors (Lipinski definition) is 0. The van der Waals surface area contributed by atoms with Gasteiger partial charge in [0.25, 0.3) is 0 Å². The summed E-state index contributed by atoms with van der Waals surface area (Å²) in [6, 6.07) is 7.15. The third kappa shape index (κ3) is 2.95. The van der Waals surface area contributed by atoms with Crippen molar-refractivity contribution in [2.45, 2.75) is 42.2 Å². The molecule has 19 heavy (non-hydrogen) atoms. The third-order valence-electron chi connectivity index (χ3n) is 3.64. The molecule has 0 bridgehead atoms. The minimum absolute atomic E-state index is 0.0142. The van der Waals surface area contributed by atoms with Crippen LogP contribution in [0, 0.1) is 23.1 Å². The molecule has 0 aromatic heterocycles. The van der Waals surface area contributed by atoms with E-state index in [-0.39, 0.29) is 4.90 Å². The highest BCUT2D eigenvalue weighted by molar-refractivity contribution is 7.92. The highest BCUT2D eigenvalue weighted by Gasteiger charge is 2.35. The molecule has 2 rings (SSSR count). The van der Waals surface area contributed by atoms with Crippen LogP contribution in [-0.2, 0) is 9.84 Å². The highest BCUT2D eigenvalue weighted by atomic mass is 32.2. The number of nitriles is 1. The Morgan fingerprint density at radius 3 is 2.63 bits per heavy atom. The summed E-state index contributed by atoms with van der Waals surface area (Å²) in [6.07, 6.45) is 3.73. The molecule has 1 fully saturated rings. The van der Waals surface area contributed by atoms with Gasteiger partial charge in [0.2, 0.25) is 0 Å². The molecule has 3 nitrogen and oxygen atoms in total. The lowest BCUT2D eigenvalue weighted by Crippen LogP contribution is -2.28. The fourth-order valence-corrected chi connectivity index (χ4v) is 4.61. The van der Waals surface area contributed by atoms with Gasteiger partial charge in [-0.2, -0.15) is 5.26 Å². The van der Waals surface area contributed by atoms with Crippen molar-refractivity contribution in [3.05, 3.63) is 30.1 Å². The first kappa shape index (κ1) is 14.0. The van der Waals surface area contributed by atoms with Gasteiger partial charge in [0.1, 0.15) is 5.82 Å². The lowest BCUT2D eigenvalue weighted by atomic mass is 10.0. The molecular formula is C14H16FNO2S. The van der Waals surface area contributed by atoms with Crippen molar-refractivity contribution in [2.24, 2.45) is 5.92 Å². The van der Waals surface area contributed by atoms with E-state index in [0.29, 0.717) is 12.8 Å². The molecule has 1 aromatic carbocycles. The van der Waals surface area contributed by atoms with Gasteiger partial charge in [0.15, 0.2) is 9.84 Å². The summed E-state index contributed by atoms with van der Waals surface area (Å²) in [5.74, 6) is -1.06. The van der Waals surface area contributed by atoms with Crippen LogP contribution >= 0.6 is 0 Å². The molecule has 1 aromatic rings. The van der Waals surface area contributed by atoms with Crippen molar-refractivity contribution >= 4 is 9.84 Å². The van der Waals surface area contributed by atoms with Gasteiger partial charge < -0.3 is 0 Å². The lowest BCUT2D eigenvalue weighted by molar-refractivity contribution is 0.522. The van der Waals surface area contributed by atoms with E-state index in [1.807, 2.05) is 0 Å². The number of halogens is 1. The fraction of sp³-hybridized carbons (Fsp3) is 0.500. The summed E-state index contributed by atoms with van der Waals surface area (Å²) < 4.78 is 38.3. The Bertz CT molecular complexity index is 592. The largest absolute Gasteiger partial charge is 0.223 e. The van der Waals surface area contributed by atoms with Gasteiger partial charge in [0.05, 0.1) is 22.1 Å². The van der Waals surface area contributed by atoms with Crippen molar-refractivity contribution in [2.75, 3.05) is 0 Å². The predicted molar refractivity (Wildman–Crippen MR) is 69.6 cm³/mol. The van der Waals surface area contributed by atoms with Crippen molar-refractivity contribution in [3.8, 4) is 6.07 Å². The number of rotatable bonds is 2. The first-order valence-electron chi connectivity index (χ1n) is 6.45. The highest BCUT2D eigenvalue weighted by Crippen LogP contribution is 2.32. The van der Waals surface area contributed by atoms with Crippen LogP contribution in [0.25, 0.3) is 0 Å². The molecule has 5 heteroatoms. The SMILES string of the molecule is N#CC1CCCCCC1S(=O)(=O)c1cccc(F)c1. The average Bonchev–Trinajstić information content (AvgIpc) is 2.64. The Morgan fingerprint density at radius 1 is 1.21 bits per heavy atom. The van der Waals surface area contributed by atoms with E-state index < -0.39 is 26.8 Å². The number of nitrogens with zero attached hydrogens (tertiary/aromatic N) is 1. The van der Waals surface area contributed by atoms with Gasteiger partial charge in [-0.05, 0) is 31.0 Å². The molecular weight excluding hydrogens is 265 g/mol. The van der Waals surface area contributed by atoms with E-state index in [1.54, 1.807) is 0 Å². The van der Waals surface area contributed by atoms with E-state index in [1.165, 1.54) is 18.2 Å². The quantitative estimate of drug-likeness (QED) is 0.783. The summed E-state index contributed by atoms with van der Waals surface area (Å²) in [5.41, 5.74) is 0. The molecule has 0 amide bonds. The average molecular weight is 281 g/mol. The normalized spacial score (nSPS) is 24.4. The molecule has 0 N–H and O–H groups in total. The van der Waals surface area contributed by atoms with Gasteiger partial charge in [-0.3, -0.25) is 0 Å². The van der Waals surface area contributed by atoms with E-state index in [2.05, 4.69) is 6.07 Å². The van der Waals surface area contributed by atoms with E-state index in [4.69, 9.17) is 5.26 Å². The smallest absolute Gasteiger partial charge is 0.182 e. The molecule has 1 saturated carbocycles. The molecule has 0 spiro atoms. The van der Waals surface area contributed by atoms with E-state index >= 15 is 0 Å². The van der Waals surface area contributed by atoms with Crippen LogP contribution in [0.2, 0.25) is 0 Å². The molecule has 0 radical (unpaired) electrons. The Labute approximate surface area is 113 Å². The van der Waals surface area contributed by atoms with Crippen LogP contribution in [0.5, 0.6) is 0 Å². The van der Waals surface area contributed by atoms with Crippen LogP contribution in [-0.4, -0.2) is 13.7 Å². The van der Waals surface area contributed by atoms with Crippen LogP contribution in [0.4, 0.5) is 4.39 Å². The fourth-order valence-electron chi connectivity index (χ4n) is 2.61.